The van der Waals surface area contributed by atoms with Gasteiger partial charge in [0.1, 0.15) is 5.82 Å². The molecule has 0 aromatic heterocycles. The zero-order valence-electron chi connectivity index (χ0n) is 9.28. The van der Waals surface area contributed by atoms with Gasteiger partial charge in [0.15, 0.2) is 0 Å². The molecule has 0 spiro atoms. The van der Waals surface area contributed by atoms with Crippen LogP contribution in [0.1, 0.15) is 31.2 Å². The van der Waals surface area contributed by atoms with Gasteiger partial charge in [0.05, 0.1) is 10.5 Å². The van der Waals surface area contributed by atoms with Gasteiger partial charge in [-0.15, -0.1) is 0 Å². The summed E-state index contributed by atoms with van der Waals surface area (Å²) in [5.74, 6) is -0.492. The quantitative estimate of drug-likeness (QED) is 0.646. The van der Waals surface area contributed by atoms with Gasteiger partial charge < -0.3 is 5.73 Å². The molecule has 0 aliphatic heterocycles. The first kappa shape index (κ1) is 10.7. The summed E-state index contributed by atoms with van der Waals surface area (Å²) in [6.45, 7) is 0. The summed E-state index contributed by atoms with van der Waals surface area (Å²) >= 11 is 0. The van der Waals surface area contributed by atoms with Crippen LogP contribution in [-0.2, 0) is 5.41 Å². The van der Waals surface area contributed by atoms with E-state index in [1.54, 1.807) is 0 Å². The maximum Gasteiger partial charge on any atom is 0.276 e. The summed E-state index contributed by atoms with van der Waals surface area (Å²) in [5, 5.41) is 11.0. The zero-order valence-corrected chi connectivity index (χ0v) is 9.28. The average Bonchev–Trinajstić information content (AvgIpc) is 3.14. The second-order valence-electron chi connectivity index (χ2n) is 5.13. The lowest BCUT2D eigenvalue weighted by atomic mass is 9.84. The van der Waals surface area contributed by atoms with Gasteiger partial charge >= 0.3 is 0 Å². The fraction of sp³-hybridized carbons (Fsp3) is 0.500. The minimum atomic E-state index is -0.510. The van der Waals surface area contributed by atoms with E-state index in [4.69, 9.17) is 5.73 Å². The van der Waals surface area contributed by atoms with Crippen LogP contribution in [0.2, 0.25) is 0 Å². The molecule has 0 heterocycles. The molecular weight excluding hydrogens is 223 g/mol. The molecule has 1 aromatic carbocycles. The van der Waals surface area contributed by atoms with Crippen molar-refractivity contribution in [3.63, 3.8) is 0 Å². The Bertz CT molecular complexity index is 507. The highest BCUT2D eigenvalue weighted by atomic mass is 19.1. The van der Waals surface area contributed by atoms with E-state index in [1.807, 2.05) is 0 Å². The van der Waals surface area contributed by atoms with Crippen molar-refractivity contribution in [1.29, 1.82) is 0 Å². The number of rotatable bonds is 3. The molecule has 2 aliphatic carbocycles. The van der Waals surface area contributed by atoms with E-state index in [1.165, 1.54) is 18.2 Å². The van der Waals surface area contributed by atoms with E-state index in [0.717, 1.165) is 25.7 Å². The molecule has 1 aromatic rings. The van der Waals surface area contributed by atoms with E-state index < -0.39 is 21.7 Å². The van der Waals surface area contributed by atoms with E-state index in [9.17, 15) is 14.5 Å². The SMILES string of the molecule is NC1(C2(c3c(F)cccc3[N+](=O)[O-])CC2)CC1. The first-order valence-corrected chi connectivity index (χ1v) is 5.72. The summed E-state index contributed by atoms with van der Waals surface area (Å²) in [4.78, 5) is 10.5. The molecule has 0 amide bonds. The van der Waals surface area contributed by atoms with Crippen molar-refractivity contribution in [1.82, 2.24) is 0 Å². The van der Waals surface area contributed by atoms with Crippen molar-refractivity contribution in [2.75, 3.05) is 0 Å². The number of nitro benzene ring substituents is 1. The van der Waals surface area contributed by atoms with Crippen molar-refractivity contribution >= 4 is 5.69 Å². The largest absolute Gasteiger partial charge is 0.324 e. The minimum Gasteiger partial charge on any atom is -0.324 e. The summed E-state index contributed by atoms with van der Waals surface area (Å²) in [5.41, 5.74) is 5.37. The molecule has 17 heavy (non-hydrogen) atoms. The predicted molar refractivity (Wildman–Crippen MR) is 60.1 cm³/mol. The third-order valence-corrected chi connectivity index (χ3v) is 4.16. The van der Waals surface area contributed by atoms with E-state index in [0.29, 0.717) is 0 Å². The first-order chi connectivity index (χ1) is 8.00. The maximum absolute atomic E-state index is 13.9. The summed E-state index contributed by atoms with van der Waals surface area (Å²) in [6.07, 6.45) is 3.17. The molecule has 2 aliphatic rings. The fourth-order valence-corrected chi connectivity index (χ4v) is 2.87. The molecular formula is C12H13FN2O2. The molecule has 0 unspecified atom stereocenters. The number of nitrogens with zero attached hydrogens (tertiary/aromatic N) is 1. The molecule has 5 heteroatoms. The monoisotopic (exact) mass is 236 g/mol. The Labute approximate surface area is 97.8 Å². The van der Waals surface area contributed by atoms with Gasteiger partial charge in [-0.25, -0.2) is 4.39 Å². The second-order valence-corrected chi connectivity index (χ2v) is 5.13. The Balaban J connectivity index is 2.17. The minimum absolute atomic E-state index is 0.126. The van der Waals surface area contributed by atoms with Crippen molar-refractivity contribution < 1.29 is 9.31 Å². The highest BCUT2D eigenvalue weighted by Gasteiger charge is 2.66. The lowest BCUT2D eigenvalue weighted by molar-refractivity contribution is -0.386. The van der Waals surface area contributed by atoms with Crippen LogP contribution in [0.15, 0.2) is 18.2 Å². The smallest absolute Gasteiger partial charge is 0.276 e. The normalized spacial score (nSPS) is 23.2. The molecule has 2 saturated carbocycles. The summed E-state index contributed by atoms with van der Waals surface area (Å²) in [7, 11) is 0. The number of hydrogen-bond donors (Lipinski definition) is 1. The Morgan fingerprint density at radius 3 is 2.41 bits per heavy atom. The molecule has 0 atom stereocenters. The van der Waals surface area contributed by atoms with Gasteiger partial charge in [-0.3, -0.25) is 10.1 Å². The molecule has 0 bridgehead atoms. The lowest BCUT2D eigenvalue weighted by Crippen LogP contribution is -2.38. The van der Waals surface area contributed by atoms with Crippen molar-refractivity contribution in [3.05, 3.63) is 39.7 Å². The number of nitrogens with two attached hydrogens (primary N) is 1. The fourth-order valence-electron chi connectivity index (χ4n) is 2.87. The molecule has 4 nitrogen and oxygen atoms in total. The topological polar surface area (TPSA) is 69.2 Å². The number of nitro groups is 1. The average molecular weight is 236 g/mol. The van der Waals surface area contributed by atoms with Crippen LogP contribution < -0.4 is 5.73 Å². The van der Waals surface area contributed by atoms with Crippen LogP contribution in [0.4, 0.5) is 10.1 Å². The zero-order chi connectivity index (χ0) is 12.3. The van der Waals surface area contributed by atoms with E-state index in [2.05, 4.69) is 0 Å². The summed E-state index contributed by atoms with van der Waals surface area (Å²) < 4.78 is 13.9. The van der Waals surface area contributed by atoms with Gasteiger partial charge in [-0.1, -0.05) is 6.07 Å². The van der Waals surface area contributed by atoms with Crippen molar-refractivity contribution in [2.24, 2.45) is 5.73 Å². The molecule has 2 N–H and O–H groups in total. The highest BCUT2D eigenvalue weighted by molar-refractivity contribution is 5.53. The van der Waals surface area contributed by atoms with Crippen LogP contribution in [0.25, 0.3) is 0 Å². The lowest BCUT2D eigenvalue weighted by Gasteiger charge is -2.23. The van der Waals surface area contributed by atoms with E-state index in [-0.39, 0.29) is 11.3 Å². The Hall–Kier alpha value is -1.49. The Morgan fingerprint density at radius 2 is 1.94 bits per heavy atom. The van der Waals surface area contributed by atoms with Gasteiger partial charge in [0, 0.05) is 17.0 Å². The van der Waals surface area contributed by atoms with Crippen LogP contribution in [0, 0.1) is 15.9 Å². The third-order valence-electron chi connectivity index (χ3n) is 4.16. The van der Waals surface area contributed by atoms with Crippen LogP contribution in [0.5, 0.6) is 0 Å². The van der Waals surface area contributed by atoms with Crippen molar-refractivity contribution in [2.45, 2.75) is 36.6 Å². The molecule has 3 rings (SSSR count). The molecule has 0 saturated heterocycles. The maximum atomic E-state index is 13.9. The Kier molecular flexibility index (Phi) is 1.91. The first-order valence-electron chi connectivity index (χ1n) is 5.72. The standard InChI is InChI=1S/C12H13FN2O2/c13-8-2-1-3-9(15(16)17)10(8)11(4-5-11)12(14)6-7-12/h1-3H,4-7,14H2. The predicted octanol–water partition coefficient (Wildman–Crippen LogP) is 2.26. The van der Waals surface area contributed by atoms with Gasteiger partial charge in [-0.2, -0.15) is 0 Å². The van der Waals surface area contributed by atoms with E-state index >= 15 is 0 Å². The third kappa shape index (κ3) is 1.32. The number of halogens is 1. The van der Waals surface area contributed by atoms with Crippen molar-refractivity contribution in [3.8, 4) is 0 Å². The molecule has 0 radical (unpaired) electrons. The highest BCUT2D eigenvalue weighted by Crippen LogP contribution is 2.65. The molecule has 90 valence electrons. The van der Waals surface area contributed by atoms with Gasteiger partial charge in [0.25, 0.3) is 5.69 Å². The Morgan fingerprint density at radius 1 is 1.29 bits per heavy atom. The van der Waals surface area contributed by atoms with Crippen LogP contribution in [0.3, 0.4) is 0 Å². The van der Waals surface area contributed by atoms with Gasteiger partial charge in [0.2, 0.25) is 0 Å². The van der Waals surface area contributed by atoms with Crippen LogP contribution >= 0.6 is 0 Å². The number of hydrogen-bond acceptors (Lipinski definition) is 3. The number of benzene rings is 1. The summed E-state index contributed by atoms with van der Waals surface area (Å²) in [6, 6.07) is 4.03. The van der Waals surface area contributed by atoms with Gasteiger partial charge in [-0.05, 0) is 31.7 Å². The molecule has 2 fully saturated rings. The van der Waals surface area contributed by atoms with Crippen LogP contribution in [-0.4, -0.2) is 10.5 Å². The second kappa shape index (κ2) is 3.04.